The van der Waals surface area contributed by atoms with E-state index in [9.17, 15) is 4.79 Å². The predicted molar refractivity (Wildman–Crippen MR) is 41.6 cm³/mol. The van der Waals surface area contributed by atoms with Crippen molar-refractivity contribution in [2.45, 2.75) is 32.7 Å². The van der Waals surface area contributed by atoms with Crippen LogP contribution in [0.15, 0.2) is 0 Å². The summed E-state index contributed by atoms with van der Waals surface area (Å²) in [5.41, 5.74) is 5.49. The molecule has 0 aliphatic rings. The fourth-order valence-electron chi connectivity index (χ4n) is 0.561. The Hall–Kier alpha value is -0.570. The zero-order valence-electron chi connectivity index (χ0n) is 6.90. The lowest BCUT2D eigenvalue weighted by Gasteiger charge is -2.17. The summed E-state index contributed by atoms with van der Waals surface area (Å²) in [4.78, 5) is 10.4. The number of nitrogens with one attached hydrogen (secondary N) is 1. The van der Waals surface area contributed by atoms with Gasteiger partial charge in [0.15, 0.2) is 0 Å². The molecule has 0 fully saturated rings. The summed E-state index contributed by atoms with van der Waals surface area (Å²) in [5.74, 6) is 0.00394. The smallest absolute Gasteiger partial charge is 0.216 e. The molecule has 60 valence electrons. The minimum absolute atomic E-state index is 0.00394. The highest BCUT2D eigenvalue weighted by atomic mass is 16.1. The van der Waals surface area contributed by atoms with Crippen LogP contribution >= 0.6 is 0 Å². The van der Waals surface area contributed by atoms with Gasteiger partial charge in [-0.3, -0.25) is 4.79 Å². The second kappa shape index (κ2) is 3.56. The van der Waals surface area contributed by atoms with Crippen molar-refractivity contribution in [3.05, 3.63) is 0 Å². The number of carbonyl (C=O) groups is 1. The van der Waals surface area contributed by atoms with Gasteiger partial charge in [0.25, 0.3) is 0 Å². The molecule has 0 heterocycles. The first-order valence-electron chi connectivity index (χ1n) is 3.45. The third-order valence-corrected chi connectivity index (χ3v) is 1.14. The molecule has 0 spiro atoms. The Morgan fingerprint density at radius 1 is 1.60 bits per heavy atom. The van der Waals surface area contributed by atoms with Crippen molar-refractivity contribution in [1.82, 2.24) is 5.32 Å². The molecule has 0 aliphatic heterocycles. The van der Waals surface area contributed by atoms with Crippen LogP contribution in [0.1, 0.15) is 27.2 Å². The number of rotatable bonds is 3. The molecule has 3 heteroatoms. The average molecular weight is 144 g/mol. The Morgan fingerprint density at radius 3 is 2.40 bits per heavy atom. The second-order valence-corrected chi connectivity index (χ2v) is 3.22. The molecule has 10 heavy (non-hydrogen) atoms. The summed E-state index contributed by atoms with van der Waals surface area (Å²) < 4.78 is 0. The number of hydrogen-bond acceptors (Lipinski definition) is 2. The highest BCUT2D eigenvalue weighted by Crippen LogP contribution is 2.00. The van der Waals surface area contributed by atoms with E-state index in [0.717, 1.165) is 6.42 Å². The van der Waals surface area contributed by atoms with Crippen LogP contribution in [0, 0.1) is 0 Å². The normalized spacial score (nSPS) is 11.2. The molecule has 1 amide bonds. The van der Waals surface area contributed by atoms with Crippen molar-refractivity contribution >= 4 is 5.91 Å². The van der Waals surface area contributed by atoms with E-state index in [1.165, 1.54) is 6.92 Å². The molecule has 0 aliphatic carbocycles. The Bertz CT molecular complexity index is 115. The molecule has 0 saturated carbocycles. The number of nitrogens with two attached hydrogens (primary N) is 1. The third kappa shape index (κ3) is 7.43. The van der Waals surface area contributed by atoms with Gasteiger partial charge in [0.1, 0.15) is 0 Å². The van der Waals surface area contributed by atoms with E-state index in [1.807, 2.05) is 13.8 Å². The highest BCUT2D eigenvalue weighted by molar-refractivity contribution is 5.72. The van der Waals surface area contributed by atoms with Crippen LogP contribution in [-0.4, -0.2) is 18.0 Å². The van der Waals surface area contributed by atoms with Crippen LogP contribution in [0.4, 0.5) is 0 Å². The molecule has 0 atom stereocenters. The van der Waals surface area contributed by atoms with Crippen molar-refractivity contribution in [3.63, 3.8) is 0 Å². The van der Waals surface area contributed by atoms with E-state index >= 15 is 0 Å². The lowest BCUT2D eigenvalue weighted by molar-refractivity contribution is -0.118. The Labute approximate surface area is 62.0 Å². The standard InChI is InChI=1S/C7H16N2O/c1-6(10)9-5-4-7(2,3)8/h4-5,8H2,1-3H3,(H,9,10). The Kier molecular flexibility index (Phi) is 3.36. The number of amides is 1. The lowest BCUT2D eigenvalue weighted by atomic mass is 10.0. The first-order valence-corrected chi connectivity index (χ1v) is 3.45. The molecule has 0 unspecified atom stereocenters. The maximum absolute atomic E-state index is 10.4. The molecule has 0 radical (unpaired) electrons. The third-order valence-electron chi connectivity index (χ3n) is 1.14. The second-order valence-electron chi connectivity index (χ2n) is 3.22. The maximum atomic E-state index is 10.4. The molecule has 0 rings (SSSR count). The summed E-state index contributed by atoms with van der Waals surface area (Å²) in [5, 5.41) is 2.68. The van der Waals surface area contributed by atoms with Crippen LogP contribution in [0.2, 0.25) is 0 Å². The minimum atomic E-state index is -0.178. The summed E-state index contributed by atoms with van der Waals surface area (Å²) in [6, 6.07) is 0. The monoisotopic (exact) mass is 144 g/mol. The van der Waals surface area contributed by atoms with Gasteiger partial charge in [-0.05, 0) is 20.3 Å². The van der Waals surface area contributed by atoms with Crippen LogP contribution < -0.4 is 11.1 Å². The van der Waals surface area contributed by atoms with Gasteiger partial charge in [0.05, 0.1) is 0 Å². The van der Waals surface area contributed by atoms with E-state index in [2.05, 4.69) is 5.32 Å². The van der Waals surface area contributed by atoms with E-state index < -0.39 is 0 Å². The van der Waals surface area contributed by atoms with E-state index in [1.54, 1.807) is 0 Å². The van der Waals surface area contributed by atoms with Gasteiger partial charge in [0.2, 0.25) is 5.91 Å². The average Bonchev–Trinajstić information content (AvgIpc) is 1.59. The quantitative estimate of drug-likeness (QED) is 0.596. The molecular formula is C7H16N2O. The first kappa shape index (κ1) is 9.43. The molecule has 0 bridgehead atoms. The van der Waals surface area contributed by atoms with Crippen molar-refractivity contribution < 1.29 is 4.79 Å². The topological polar surface area (TPSA) is 55.1 Å². The SMILES string of the molecule is CC(=O)NCCC(C)(C)N. The predicted octanol–water partition coefficient (Wildman–Crippen LogP) is 0.250. The van der Waals surface area contributed by atoms with Crippen molar-refractivity contribution in [3.8, 4) is 0 Å². The summed E-state index contributed by atoms with van der Waals surface area (Å²) in [7, 11) is 0. The molecule has 0 aromatic carbocycles. The number of carbonyl (C=O) groups excluding carboxylic acids is 1. The summed E-state index contributed by atoms with van der Waals surface area (Å²) in [6.45, 7) is 6.05. The van der Waals surface area contributed by atoms with Crippen molar-refractivity contribution in [1.29, 1.82) is 0 Å². The fraction of sp³-hybridized carbons (Fsp3) is 0.857. The van der Waals surface area contributed by atoms with Crippen LogP contribution in [0.5, 0.6) is 0 Å². The van der Waals surface area contributed by atoms with Crippen LogP contribution in [-0.2, 0) is 4.79 Å². The van der Waals surface area contributed by atoms with Crippen LogP contribution in [0.3, 0.4) is 0 Å². The lowest BCUT2D eigenvalue weighted by Crippen LogP contribution is -2.36. The molecule has 3 N–H and O–H groups in total. The van der Waals surface area contributed by atoms with Gasteiger partial charge in [0, 0.05) is 19.0 Å². The zero-order valence-corrected chi connectivity index (χ0v) is 6.90. The van der Waals surface area contributed by atoms with Gasteiger partial charge in [-0.2, -0.15) is 0 Å². The van der Waals surface area contributed by atoms with Gasteiger partial charge in [-0.15, -0.1) is 0 Å². The summed E-state index contributed by atoms with van der Waals surface area (Å²) >= 11 is 0. The number of hydrogen-bond donors (Lipinski definition) is 2. The minimum Gasteiger partial charge on any atom is -0.356 e. The Balaban J connectivity index is 3.29. The van der Waals surface area contributed by atoms with E-state index in [-0.39, 0.29) is 11.4 Å². The van der Waals surface area contributed by atoms with E-state index in [0.29, 0.717) is 6.54 Å². The van der Waals surface area contributed by atoms with Gasteiger partial charge >= 0.3 is 0 Å². The molecule has 0 saturated heterocycles. The molecular weight excluding hydrogens is 128 g/mol. The molecule has 0 aromatic heterocycles. The molecule has 0 aromatic rings. The maximum Gasteiger partial charge on any atom is 0.216 e. The van der Waals surface area contributed by atoms with Crippen molar-refractivity contribution in [2.24, 2.45) is 5.73 Å². The largest absolute Gasteiger partial charge is 0.356 e. The van der Waals surface area contributed by atoms with Crippen LogP contribution in [0.25, 0.3) is 0 Å². The highest BCUT2D eigenvalue weighted by Gasteiger charge is 2.09. The molecule has 3 nitrogen and oxygen atoms in total. The fourth-order valence-corrected chi connectivity index (χ4v) is 0.561. The van der Waals surface area contributed by atoms with Gasteiger partial charge in [-0.1, -0.05) is 0 Å². The zero-order chi connectivity index (χ0) is 8.20. The van der Waals surface area contributed by atoms with Gasteiger partial charge in [-0.25, -0.2) is 0 Å². The van der Waals surface area contributed by atoms with E-state index in [4.69, 9.17) is 5.73 Å². The van der Waals surface area contributed by atoms with Gasteiger partial charge < -0.3 is 11.1 Å². The summed E-state index contributed by atoms with van der Waals surface area (Å²) in [6.07, 6.45) is 0.812. The Morgan fingerprint density at radius 2 is 2.10 bits per heavy atom. The van der Waals surface area contributed by atoms with Crippen molar-refractivity contribution in [2.75, 3.05) is 6.54 Å². The first-order chi connectivity index (χ1) is 4.42.